The van der Waals surface area contributed by atoms with Gasteiger partial charge in [0.1, 0.15) is 0 Å². The van der Waals surface area contributed by atoms with E-state index in [4.69, 9.17) is 0 Å². The lowest BCUT2D eigenvalue weighted by Crippen LogP contribution is -2.83. The predicted octanol–water partition coefficient (Wildman–Crippen LogP) is 12.7. The second-order valence-corrected chi connectivity index (χ2v) is 32.4. The van der Waals surface area contributed by atoms with Crippen LogP contribution in [0, 0.1) is 41.5 Å². The van der Waals surface area contributed by atoms with Gasteiger partial charge in [-0.3, -0.25) is 0 Å². The molecule has 0 heterocycles. The second-order valence-electron chi connectivity index (χ2n) is 17.9. The Balaban J connectivity index is 2.58. The van der Waals surface area contributed by atoms with E-state index in [0.29, 0.717) is 11.8 Å². The van der Waals surface area contributed by atoms with Crippen molar-refractivity contribution in [3.05, 3.63) is 115 Å². The molecular weight excluding hydrogens is 704 g/mol. The van der Waals surface area contributed by atoms with Crippen molar-refractivity contribution in [1.82, 2.24) is 0 Å². The van der Waals surface area contributed by atoms with Crippen LogP contribution < -0.4 is 20.7 Å². The van der Waals surface area contributed by atoms with Crippen molar-refractivity contribution in [2.75, 3.05) is 0 Å². The van der Waals surface area contributed by atoms with E-state index in [0.717, 1.165) is 0 Å². The van der Waals surface area contributed by atoms with E-state index in [1.807, 2.05) is 0 Å². The van der Waals surface area contributed by atoms with Crippen LogP contribution in [0.15, 0.2) is 48.5 Å². The lowest BCUT2D eigenvalue weighted by Gasteiger charge is -2.47. The van der Waals surface area contributed by atoms with Crippen molar-refractivity contribution in [1.29, 1.82) is 0 Å². The molecule has 4 aromatic carbocycles. The summed E-state index contributed by atoms with van der Waals surface area (Å²) in [5.74, 6) is 1.89. The SMILES string of the molecule is Cc1cc(C)c([Si](Cl)(c2c(C)cc(C)cc2C)[Si](Cl)(c2c(C(C)C)cc(C(C)C)cc2C(C)C)c2c(C(C)C)cc(C(C)C)cc2C(C)C)c(C)c1. The number of benzene rings is 4. The van der Waals surface area contributed by atoms with Gasteiger partial charge in [-0.15, -0.1) is 0 Å². The zero-order chi connectivity index (χ0) is 39.4. The molecule has 0 radical (unpaired) electrons. The maximum atomic E-state index is 9.46. The highest BCUT2D eigenvalue weighted by atomic mass is 35.6. The van der Waals surface area contributed by atoms with Crippen LogP contribution in [-0.4, -0.2) is 13.8 Å². The summed E-state index contributed by atoms with van der Waals surface area (Å²) in [6.45, 7) is 34.8. The molecule has 0 nitrogen and oxygen atoms in total. The van der Waals surface area contributed by atoms with Crippen molar-refractivity contribution in [2.24, 2.45) is 0 Å². The highest BCUT2D eigenvalue weighted by Crippen LogP contribution is 2.41. The van der Waals surface area contributed by atoms with Crippen LogP contribution in [0.1, 0.15) is 185 Å². The largest absolute Gasteiger partial charge is 0.235 e. The minimum atomic E-state index is -3.57. The Kier molecular flexibility index (Phi) is 13.1. The Labute approximate surface area is 330 Å². The fourth-order valence-corrected chi connectivity index (χ4v) is 31.2. The highest BCUT2D eigenvalue weighted by Gasteiger charge is 2.64. The molecule has 0 saturated heterocycles. The van der Waals surface area contributed by atoms with E-state index >= 15 is 0 Å². The van der Waals surface area contributed by atoms with Gasteiger partial charge in [0, 0.05) is 0 Å². The minimum Gasteiger partial charge on any atom is -0.156 e. The van der Waals surface area contributed by atoms with Gasteiger partial charge in [0.2, 0.25) is 13.8 Å². The first-order valence-electron chi connectivity index (χ1n) is 19.9. The zero-order valence-electron chi connectivity index (χ0n) is 35.8. The van der Waals surface area contributed by atoms with Crippen LogP contribution in [0.2, 0.25) is 0 Å². The molecule has 0 aromatic heterocycles. The van der Waals surface area contributed by atoms with Gasteiger partial charge in [0.05, 0.1) is 0 Å². The van der Waals surface area contributed by atoms with E-state index in [1.54, 1.807) is 0 Å². The Morgan fingerprint density at radius 3 is 0.731 bits per heavy atom. The topological polar surface area (TPSA) is 0 Å². The van der Waals surface area contributed by atoms with Crippen LogP contribution in [0.5, 0.6) is 0 Å². The molecule has 0 bridgehead atoms. The van der Waals surface area contributed by atoms with Crippen molar-refractivity contribution in [3.63, 3.8) is 0 Å². The van der Waals surface area contributed by atoms with E-state index < -0.39 is 13.8 Å². The van der Waals surface area contributed by atoms with Crippen LogP contribution in [0.4, 0.5) is 0 Å². The number of halogens is 2. The molecule has 0 amide bonds. The van der Waals surface area contributed by atoms with Crippen LogP contribution in [-0.2, 0) is 0 Å². The fourth-order valence-electron chi connectivity index (χ4n) is 9.09. The molecule has 4 heteroatoms. The van der Waals surface area contributed by atoms with Gasteiger partial charge in [-0.25, -0.2) is 0 Å². The standard InChI is InChI=1S/C48H68Cl2Si2/c1-27(2)39-23-41(29(5)6)47(42(24-39)30(7)8)52(50,48-43(31(9)10)25-40(28(3)4)26-44(48)32(11)12)51(49,45-35(15)19-33(13)20-36(45)16)46-37(17)21-34(14)22-38(46)18/h19-32H,1-18H3. The second kappa shape index (κ2) is 15.9. The number of aryl methyl sites for hydroxylation is 6. The smallest absolute Gasteiger partial charge is 0.156 e. The first-order chi connectivity index (χ1) is 24.0. The number of rotatable bonds is 11. The molecule has 52 heavy (non-hydrogen) atoms. The molecule has 0 spiro atoms. The zero-order valence-corrected chi connectivity index (χ0v) is 39.4. The van der Waals surface area contributed by atoms with Crippen molar-refractivity contribution < 1.29 is 0 Å². The summed E-state index contributed by atoms with van der Waals surface area (Å²) in [4.78, 5) is 0. The van der Waals surface area contributed by atoms with Crippen molar-refractivity contribution in [3.8, 4) is 0 Å². The van der Waals surface area contributed by atoms with Crippen LogP contribution in [0.3, 0.4) is 0 Å². The summed E-state index contributed by atoms with van der Waals surface area (Å²) in [5.41, 5.74) is 15.9. The molecule has 0 aliphatic carbocycles. The molecule has 0 aliphatic rings. The predicted molar refractivity (Wildman–Crippen MR) is 240 cm³/mol. The normalized spacial score (nSPS) is 12.9. The van der Waals surface area contributed by atoms with Crippen molar-refractivity contribution >= 4 is 56.7 Å². The Morgan fingerprint density at radius 2 is 0.538 bits per heavy atom. The van der Waals surface area contributed by atoms with Gasteiger partial charge in [-0.1, -0.05) is 143 Å². The molecular formula is C48H68Cl2Si2. The minimum absolute atomic E-state index is 0.270. The van der Waals surface area contributed by atoms with Gasteiger partial charge in [-0.05, 0) is 153 Å². The fraction of sp³-hybridized carbons (Fsp3) is 0.500. The molecule has 4 aromatic rings. The summed E-state index contributed by atoms with van der Waals surface area (Å²) >= 11 is 18.7. The third-order valence-electron chi connectivity index (χ3n) is 11.5. The van der Waals surface area contributed by atoms with Crippen molar-refractivity contribution in [2.45, 2.75) is 160 Å². The summed E-state index contributed by atoms with van der Waals surface area (Å²) < 4.78 is 0. The third kappa shape index (κ3) is 7.45. The average Bonchev–Trinajstić information content (AvgIpc) is 3.01. The monoisotopic (exact) mass is 770 g/mol. The summed E-state index contributed by atoms with van der Waals surface area (Å²) in [6.07, 6.45) is 0. The van der Waals surface area contributed by atoms with Crippen LogP contribution >= 0.6 is 22.2 Å². The van der Waals surface area contributed by atoms with E-state index in [1.165, 1.54) is 87.5 Å². The Bertz CT molecular complexity index is 1710. The lowest BCUT2D eigenvalue weighted by molar-refractivity contribution is 0.809. The highest BCUT2D eigenvalue weighted by molar-refractivity contribution is 7.84. The van der Waals surface area contributed by atoms with E-state index in [9.17, 15) is 22.2 Å². The molecule has 0 fully saturated rings. The summed E-state index contributed by atoms with van der Waals surface area (Å²) in [5, 5.41) is 5.38. The molecule has 0 atom stereocenters. The van der Waals surface area contributed by atoms with Gasteiger partial charge < -0.3 is 0 Å². The first-order valence-corrected chi connectivity index (χ1v) is 26.9. The molecule has 282 valence electrons. The maximum absolute atomic E-state index is 9.46. The molecule has 0 saturated carbocycles. The molecule has 4 rings (SSSR count). The van der Waals surface area contributed by atoms with E-state index in [-0.39, 0.29) is 23.7 Å². The molecule has 0 N–H and O–H groups in total. The lowest BCUT2D eigenvalue weighted by atomic mass is 9.89. The third-order valence-corrected chi connectivity index (χ3v) is 32.0. The summed E-state index contributed by atoms with van der Waals surface area (Å²) in [6, 6.07) is 19.5. The Hall–Kier alpha value is -2.11. The Morgan fingerprint density at radius 1 is 0.327 bits per heavy atom. The van der Waals surface area contributed by atoms with Gasteiger partial charge in [-0.2, -0.15) is 22.2 Å². The maximum Gasteiger partial charge on any atom is 0.235 e. The van der Waals surface area contributed by atoms with E-state index in [2.05, 4.69) is 173 Å². The average molecular weight is 772 g/mol. The summed E-state index contributed by atoms with van der Waals surface area (Å²) in [7, 11) is 0. The van der Waals surface area contributed by atoms with Crippen LogP contribution in [0.25, 0.3) is 0 Å². The molecule has 0 unspecified atom stereocenters. The van der Waals surface area contributed by atoms with Gasteiger partial charge in [0.15, 0.2) is 0 Å². The number of hydrogen-bond donors (Lipinski definition) is 0. The van der Waals surface area contributed by atoms with Gasteiger partial charge in [0.25, 0.3) is 0 Å². The first kappa shape index (κ1) is 42.6. The molecule has 0 aliphatic heterocycles. The van der Waals surface area contributed by atoms with Gasteiger partial charge >= 0.3 is 0 Å². The quantitative estimate of drug-likeness (QED) is 0.105. The number of hydrogen-bond acceptors (Lipinski definition) is 0.